The van der Waals surface area contributed by atoms with Gasteiger partial charge in [0.05, 0.1) is 0 Å². The summed E-state index contributed by atoms with van der Waals surface area (Å²) in [6.07, 6.45) is 3.01. The molecule has 0 aliphatic heterocycles. The molecule has 2 N–H and O–H groups in total. The van der Waals surface area contributed by atoms with Crippen molar-refractivity contribution in [3.8, 4) is 0 Å². The fourth-order valence-electron chi connectivity index (χ4n) is 1.83. The van der Waals surface area contributed by atoms with Crippen molar-refractivity contribution in [1.82, 2.24) is 15.2 Å². The smallest absolute Gasteiger partial charge is 0.251 e. The lowest BCUT2D eigenvalue weighted by Crippen LogP contribution is -2.25. The lowest BCUT2D eigenvalue weighted by Gasteiger charge is -2.10. The van der Waals surface area contributed by atoms with E-state index >= 15 is 0 Å². The van der Waals surface area contributed by atoms with Gasteiger partial charge in [-0.25, -0.2) is 4.98 Å². The summed E-state index contributed by atoms with van der Waals surface area (Å²) in [5.74, 6) is 0.533. The average molecular weight is 313 g/mol. The molecule has 1 rings (SSSR count). The summed E-state index contributed by atoms with van der Waals surface area (Å²) in [4.78, 5) is 18.4. The van der Waals surface area contributed by atoms with Crippen LogP contribution in [0.25, 0.3) is 0 Å². The Morgan fingerprint density at radius 1 is 1.29 bits per heavy atom. The molecule has 0 aromatic carbocycles. The molecule has 0 radical (unpaired) electrons. The minimum absolute atomic E-state index is 0.108. The molecule has 0 atom stereocenters. The summed E-state index contributed by atoms with van der Waals surface area (Å²) in [5, 5.41) is 6.38. The maximum absolute atomic E-state index is 12.1. The van der Waals surface area contributed by atoms with E-state index in [4.69, 9.17) is 11.6 Å². The summed E-state index contributed by atoms with van der Waals surface area (Å²) >= 11 is 5.95. The molecular weight excluding hydrogens is 288 g/mol. The van der Waals surface area contributed by atoms with Gasteiger partial charge in [0, 0.05) is 18.7 Å². The highest BCUT2D eigenvalue weighted by Crippen LogP contribution is 2.14. The van der Waals surface area contributed by atoms with Gasteiger partial charge in [-0.3, -0.25) is 4.79 Å². The molecule has 118 valence electrons. The number of carbonyl (C=O) groups is 1. The predicted molar refractivity (Wildman–Crippen MR) is 88.1 cm³/mol. The van der Waals surface area contributed by atoms with Gasteiger partial charge < -0.3 is 15.5 Å². The first-order chi connectivity index (χ1) is 10.0. The molecule has 5 nitrogen and oxygen atoms in total. The van der Waals surface area contributed by atoms with Crippen molar-refractivity contribution < 1.29 is 4.79 Å². The number of rotatable bonds is 9. The van der Waals surface area contributed by atoms with Gasteiger partial charge in [-0.05, 0) is 52.0 Å². The van der Waals surface area contributed by atoms with E-state index in [9.17, 15) is 4.79 Å². The van der Waals surface area contributed by atoms with Crippen LogP contribution in [0, 0.1) is 0 Å². The molecule has 0 saturated carbocycles. The standard InChI is InChI=1S/C15H25ClN4O/c1-4-7-17-14-11-12(10-13(16)19-14)15(21)18-8-5-6-9-20(2)3/h10-11H,4-9H2,1-3H3,(H,17,19)(H,18,21). The molecule has 6 heteroatoms. The third-order valence-corrected chi connectivity index (χ3v) is 3.12. The molecule has 0 unspecified atom stereocenters. The van der Waals surface area contributed by atoms with Gasteiger partial charge in [0.1, 0.15) is 11.0 Å². The molecule has 21 heavy (non-hydrogen) atoms. The molecule has 0 bridgehead atoms. The largest absolute Gasteiger partial charge is 0.370 e. The number of aromatic nitrogens is 1. The van der Waals surface area contributed by atoms with Gasteiger partial charge in [0.2, 0.25) is 0 Å². The van der Waals surface area contributed by atoms with Crippen LogP contribution in [0.1, 0.15) is 36.5 Å². The van der Waals surface area contributed by atoms with Crippen molar-refractivity contribution >= 4 is 23.3 Å². The van der Waals surface area contributed by atoms with Gasteiger partial charge >= 0.3 is 0 Å². The van der Waals surface area contributed by atoms with Crippen LogP contribution in [0.5, 0.6) is 0 Å². The Morgan fingerprint density at radius 3 is 2.71 bits per heavy atom. The maximum Gasteiger partial charge on any atom is 0.251 e. The predicted octanol–water partition coefficient (Wildman–Crippen LogP) is 2.63. The minimum atomic E-state index is -0.108. The van der Waals surface area contributed by atoms with E-state index in [-0.39, 0.29) is 5.91 Å². The molecule has 0 fully saturated rings. The van der Waals surface area contributed by atoms with Crippen LogP contribution in [0.2, 0.25) is 5.15 Å². The quantitative estimate of drug-likeness (QED) is 0.543. The fourth-order valence-corrected chi connectivity index (χ4v) is 2.04. The molecule has 1 aromatic rings. The normalized spacial score (nSPS) is 10.7. The SMILES string of the molecule is CCCNc1cc(C(=O)NCCCCN(C)C)cc(Cl)n1. The molecule has 1 aromatic heterocycles. The summed E-state index contributed by atoms with van der Waals surface area (Å²) in [6, 6.07) is 3.32. The number of amides is 1. The lowest BCUT2D eigenvalue weighted by atomic mass is 10.2. The maximum atomic E-state index is 12.1. The van der Waals surface area contributed by atoms with Crippen molar-refractivity contribution in [2.75, 3.05) is 39.0 Å². The zero-order valence-electron chi connectivity index (χ0n) is 13.1. The van der Waals surface area contributed by atoms with Gasteiger partial charge in [-0.2, -0.15) is 0 Å². The highest BCUT2D eigenvalue weighted by atomic mass is 35.5. The molecular formula is C15H25ClN4O. The van der Waals surface area contributed by atoms with Crippen molar-refractivity contribution in [3.05, 3.63) is 22.8 Å². The van der Waals surface area contributed by atoms with E-state index in [2.05, 4.69) is 27.4 Å². The number of hydrogen-bond acceptors (Lipinski definition) is 4. The van der Waals surface area contributed by atoms with Gasteiger partial charge in [0.15, 0.2) is 0 Å². The second kappa shape index (κ2) is 9.58. The van der Waals surface area contributed by atoms with Gasteiger partial charge in [0.25, 0.3) is 5.91 Å². The van der Waals surface area contributed by atoms with Crippen LogP contribution in [0.4, 0.5) is 5.82 Å². The first-order valence-corrected chi connectivity index (χ1v) is 7.75. The van der Waals surface area contributed by atoms with Crippen LogP contribution in [-0.4, -0.2) is 49.5 Å². The average Bonchev–Trinajstić information content (AvgIpc) is 2.43. The van der Waals surface area contributed by atoms with E-state index in [1.807, 2.05) is 14.1 Å². The lowest BCUT2D eigenvalue weighted by molar-refractivity contribution is 0.0952. The van der Waals surface area contributed by atoms with Crippen LogP contribution in [0.15, 0.2) is 12.1 Å². The van der Waals surface area contributed by atoms with Crippen LogP contribution < -0.4 is 10.6 Å². The number of halogens is 1. The second-order valence-corrected chi connectivity index (χ2v) is 5.64. The number of pyridine rings is 1. The van der Waals surface area contributed by atoms with Crippen LogP contribution >= 0.6 is 11.6 Å². The number of nitrogens with zero attached hydrogens (tertiary/aromatic N) is 2. The number of unbranched alkanes of at least 4 members (excludes halogenated alkanes) is 1. The second-order valence-electron chi connectivity index (χ2n) is 5.26. The highest BCUT2D eigenvalue weighted by molar-refractivity contribution is 6.29. The third kappa shape index (κ3) is 7.29. The summed E-state index contributed by atoms with van der Waals surface area (Å²) < 4.78 is 0. The van der Waals surface area contributed by atoms with Gasteiger partial charge in [-0.15, -0.1) is 0 Å². The number of nitrogens with one attached hydrogen (secondary N) is 2. The van der Waals surface area contributed by atoms with E-state index in [1.54, 1.807) is 12.1 Å². The molecule has 0 saturated heterocycles. The van der Waals surface area contributed by atoms with Crippen LogP contribution in [-0.2, 0) is 0 Å². The van der Waals surface area contributed by atoms with Crippen molar-refractivity contribution in [3.63, 3.8) is 0 Å². The Morgan fingerprint density at radius 2 is 2.05 bits per heavy atom. The number of hydrogen-bond donors (Lipinski definition) is 2. The minimum Gasteiger partial charge on any atom is -0.370 e. The van der Waals surface area contributed by atoms with E-state index in [0.717, 1.165) is 32.4 Å². The number of carbonyl (C=O) groups excluding carboxylic acids is 1. The first kappa shape index (κ1) is 17.7. The fraction of sp³-hybridized carbons (Fsp3) is 0.600. The van der Waals surface area contributed by atoms with Crippen molar-refractivity contribution in [2.45, 2.75) is 26.2 Å². The Balaban J connectivity index is 2.47. The van der Waals surface area contributed by atoms with Crippen molar-refractivity contribution in [2.24, 2.45) is 0 Å². The highest BCUT2D eigenvalue weighted by Gasteiger charge is 2.08. The van der Waals surface area contributed by atoms with Crippen LogP contribution in [0.3, 0.4) is 0 Å². The zero-order chi connectivity index (χ0) is 15.7. The third-order valence-electron chi connectivity index (χ3n) is 2.93. The Kier molecular flexibility index (Phi) is 8.08. The Hall–Kier alpha value is -1.33. The molecule has 1 amide bonds. The van der Waals surface area contributed by atoms with E-state index < -0.39 is 0 Å². The van der Waals surface area contributed by atoms with E-state index in [0.29, 0.717) is 23.1 Å². The zero-order valence-corrected chi connectivity index (χ0v) is 13.8. The monoisotopic (exact) mass is 312 g/mol. The van der Waals surface area contributed by atoms with Crippen molar-refractivity contribution in [1.29, 1.82) is 0 Å². The van der Waals surface area contributed by atoms with Gasteiger partial charge in [-0.1, -0.05) is 18.5 Å². The first-order valence-electron chi connectivity index (χ1n) is 7.37. The molecule has 0 spiro atoms. The Labute approximate surface area is 132 Å². The molecule has 1 heterocycles. The topological polar surface area (TPSA) is 57.3 Å². The number of anilines is 1. The Bertz CT molecular complexity index is 451. The summed E-state index contributed by atoms with van der Waals surface area (Å²) in [7, 11) is 4.09. The molecule has 0 aliphatic carbocycles. The summed E-state index contributed by atoms with van der Waals surface area (Å²) in [5.41, 5.74) is 0.543. The summed E-state index contributed by atoms with van der Waals surface area (Å²) in [6.45, 7) is 4.57. The molecule has 0 aliphatic rings. The van der Waals surface area contributed by atoms with E-state index in [1.165, 1.54) is 0 Å².